The van der Waals surface area contributed by atoms with Crippen LogP contribution in [0.2, 0.25) is 5.15 Å². The van der Waals surface area contributed by atoms with Gasteiger partial charge in [0.05, 0.1) is 0 Å². The number of hydrogen-bond acceptors (Lipinski definition) is 2. The van der Waals surface area contributed by atoms with E-state index in [0.29, 0.717) is 17.0 Å². The Hall–Kier alpha value is -0.630. The van der Waals surface area contributed by atoms with Crippen molar-refractivity contribution in [2.24, 2.45) is 0 Å². The maximum atomic E-state index is 6.16. The number of nitrogens with zero attached hydrogens (tertiary/aromatic N) is 2. The summed E-state index contributed by atoms with van der Waals surface area (Å²) in [6.07, 6.45) is 11.8. The highest BCUT2D eigenvalue weighted by molar-refractivity contribution is 6.29. The molecule has 0 N–H and O–H groups in total. The first kappa shape index (κ1) is 12.4. The second kappa shape index (κ2) is 5.56. The third kappa shape index (κ3) is 3.03. The summed E-state index contributed by atoms with van der Waals surface area (Å²) in [6.45, 7) is 0. The summed E-state index contributed by atoms with van der Waals surface area (Å²) >= 11 is 6.16. The molecule has 1 heterocycles. The van der Waals surface area contributed by atoms with E-state index in [0.717, 1.165) is 5.82 Å². The molecule has 2 saturated carbocycles. The SMILES string of the molecule is Clc1cc(C2CC2)nc(C2CCCCCCC2)n1. The fraction of sp³-hybridized carbons (Fsp3) is 0.733. The van der Waals surface area contributed by atoms with Gasteiger partial charge in [-0.25, -0.2) is 9.97 Å². The molecule has 1 aromatic rings. The highest BCUT2D eigenvalue weighted by atomic mass is 35.5. The molecule has 2 aliphatic rings. The Labute approximate surface area is 114 Å². The zero-order valence-corrected chi connectivity index (χ0v) is 11.6. The lowest BCUT2D eigenvalue weighted by molar-refractivity contribution is 0.441. The smallest absolute Gasteiger partial charge is 0.133 e. The van der Waals surface area contributed by atoms with Gasteiger partial charge in [0.25, 0.3) is 0 Å². The predicted octanol–water partition coefficient (Wildman–Crippen LogP) is 4.84. The van der Waals surface area contributed by atoms with Crippen LogP contribution in [0.1, 0.15) is 81.1 Å². The van der Waals surface area contributed by atoms with Crippen LogP contribution in [-0.4, -0.2) is 9.97 Å². The second-order valence-electron chi connectivity index (χ2n) is 5.79. The molecule has 2 nitrogen and oxygen atoms in total. The van der Waals surface area contributed by atoms with Crippen LogP contribution < -0.4 is 0 Å². The fourth-order valence-corrected chi connectivity index (χ4v) is 3.14. The number of hydrogen-bond donors (Lipinski definition) is 0. The Morgan fingerprint density at radius 3 is 2.17 bits per heavy atom. The van der Waals surface area contributed by atoms with Crippen molar-refractivity contribution in [1.82, 2.24) is 9.97 Å². The minimum atomic E-state index is 0.543. The van der Waals surface area contributed by atoms with Crippen molar-refractivity contribution in [2.45, 2.75) is 69.6 Å². The van der Waals surface area contributed by atoms with Crippen LogP contribution in [0.4, 0.5) is 0 Å². The van der Waals surface area contributed by atoms with Crippen LogP contribution >= 0.6 is 11.6 Å². The molecule has 0 saturated heterocycles. The maximum Gasteiger partial charge on any atom is 0.133 e. The van der Waals surface area contributed by atoms with Crippen molar-refractivity contribution in [1.29, 1.82) is 0 Å². The quantitative estimate of drug-likeness (QED) is 0.715. The third-order valence-electron chi connectivity index (χ3n) is 4.20. The van der Waals surface area contributed by atoms with Gasteiger partial charge in [0.15, 0.2) is 0 Å². The molecule has 0 amide bonds. The van der Waals surface area contributed by atoms with Crippen molar-refractivity contribution in [3.05, 3.63) is 22.7 Å². The molecule has 0 bridgehead atoms. The molecule has 18 heavy (non-hydrogen) atoms. The van der Waals surface area contributed by atoms with Gasteiger partial charge in [-0.05, 0) is 31.7 Å². The van der Waals surface area contributed by atoms with Gasteiger partial charge in [0.2, 0.25) is 0 Å². The Kier molecular flexibility index (Phi) is 3.83. The van der Waals surface area contributed by atoms with Gasteiger partial charge in [0, 0.05) is 17.5 Å². The van der Waals surface area contributed by atoms with Crippen LogP contribution in [0.15, 0.2) is 6.07 Å². The molecule has 3 heteroatoms. The summed E-state index contributed by atoms with van der Waals surface area (Å²) in [5, 5.41) is 0.643. The van der Waals surface area contributed by atoms with Gasteiger partial charge in [-0.1, -0.05) is 43.7 Å². The molecular weight excluding hydrogens is 244 g/mol. The Morgan fingerprint density at radius 1 is 0.833 bits per heavy atom. The summed E-state index contributed by atoms with van der Waals surface area (Å²) in [5.41, 5.74) is 1.19. The summed E-state index contributed by atoms with van der Waals surface area (Å²) in [6, 6.07) is 1.96. The van der Waals surface area contributed by atoms with E-state index in [2.05, 4.69) is 4.98 Å². The molecule has 2 fully saturated rings. The lowest BCUT2D eigenvalue weighted by atomic mass is 9.90. The second-order valence-corrected chi connectivity index (χ2v) is 6.18. The van der Waals surface area contributed by atoms with E-state index in [1.54, 1.807) is 0 Å². The van der Waals surface area contributed by atoms with E-state index in [-0.39, 0.29) is 0 Å². The first-order valence-corrected chi connectivity index (χ1v) is 7.75. The molecule has 1 aromatic heterocycles. The molecule has 0 radical (unpaired) electrons. The third-order valence-corrected chi connectivity index (χ3v) is 4.39. The summed E-state index contributed by atoms with van der Waals surface area (Å²) in [4.78, 5) is 9.29. The molecule has 98 valence electrons. The molecule has 0 spiro atoms. The van der Waals surface area contributed by atoms with Crippen LogP contribution in [-0.2, 0) is 0 Å². The average Bonchev–Trinajstić information content (AvgIpc) is 3.11. The van der Waals surface area contributed by atoms with Gasteiger partial charge in [-0.2, -0.15) is 0 Å². The van der Waals surface area contributed by atoms with E-state index < -0.39 is 0 Å². The summed E-state index contributed by atoms with van der Waals surface area (Å²) in [7, 11) is 0. The number of halogens is 1. The largest absolute Gasteiger partial charge is 0.237 e. The normalized spacial score (nSPS) is 22.5. The topological polar surface area (TPSA) is 25.8 Å². The Balaban J connectivity index is 1.80. The van der Waals surface area contributed by atoms with Crippen LogP contribution in [0.3, 0.4) is 0 Å². The molecule has 0 aliphatic heterocycles. The minimum absolute atomic E-state index is 0.543. The fourth-order valence-electron chi connectivity index (χ4n) is 2.94. The van der Waals surface area contributed by atoms with Crippen LogP contribution in [0.5, 0.6) is 0 Å². The molecule has 0 atom stereocenters. The van der Waals surface area contributed by atoms with Gasteiger partial charge in [0.1, 0.15) is 11.0 Å². The standard InChI is InChI=1S/C15H21ClN2/c16-14-10-13(11-8-9-11)17-15(18-14)12-6-4-2-1-3-5-7-12/h10-12H,1-9H2. The Morgan fingerprint density at radius 2 is 1.50 bits per heavy atom. The van der Waals surface area contributed by atoms with Crippen molar-refractivity contribution >= 4 is 11.6 Å². The zero-order valence-electron chi connectivity index (χ0n) is 10.9. The first-order valence-electron chi connectivity index (χ1n) is 7.37. The first-order chi connectivity index (χ1) is 8.83. The molecule has 2 aliphatic carbocycles. The van der Waals surface area contributed by atoms with Crippen LogP contribution in [0, 0.1) is 0 Å². The van der Waals surface area contributed by atoms with E-state index in [1.165, 1.54) is 63.5 Å². The van der Waals surface area contributed by atoms with Crippen molar-refractivity contribution in [3.63, 3.8) is 0 Å². The monoisotopic (exact) mass is 264 g/mol. The van der Waals surface area contributed by atoms with Gasteiger partial charge >= 0.3 is 0 Å². The van der Waals surface area contributed by atoms with E-state index in [4.69, 9.17) is 16.6 Å². The number of rotatable bonds is 2. The van der Waals surface area contributed by atoms with Crippen molar-refractivity contribution in [3.8, 4) is 0 Å². The van der Waals surface area contributed by atoms with E-state index in [9.17, 15) is 0 Å². The lowest BCUT2D eigenvalue weighted by Gasteiger charge is -2.19. The lowest BCUT2D eigenvalue weighted by Crippen LogP contribution is -2.08. The molecule has 3 rings (SSSR count). The number of aromatic nitrogens is 2. The van der Waals surface area contributed by atoms with Crippen molar-refractivity contribution < 1.29 is 0 Å². The predicted molar refractivity (Wildman–Crippen MR) is 74.1 cm³/mol. The minimum Gasteiger partial charge on any atom is -0.237 e. The zero-order chi connectivity index (χ0) is 12.4. The Bertz CT molecular complexity index is 407. The maximum absolute atomic E-state index is 6.16. The highest BCUT2D eigenvalue weighted by Crippen LogP contribution is 2.40. The van der Waals surface area contributed by atoms with Gasteiger partial charge in [-0.15, -0.1) is 0 Å². The molecule has 0 unspecified atom stereocenters. The van der Waals surface area contributed by atoms with Crippen molar-refractivity contribution in [2.75, 3.05) is 0 Å². The van der Waals surface area contributed by atoms with Gasteiger partial charge < -0.3 is 0 Å². The summed E-state index contributed by atoms with van der Waals surface area (Å²) in [5.74, 6) is 2.23. The molecule has 0 aromatic carbocycles. The van der Waals surface area contributed by atoms with Crippen LogP contribution in [0.25, 0.3) is 0 Å². The average molecular weight is 265 g/mol. The van der Waals surface area contributed by atoms with E-state index >= 15 is 0 Å². The van der Waals surface area contributed by atoms with Gasteiger partial charge in [-0.3, -0.25) is 0 Å². The molecular formula is C15H21ClN2. The van der Waals surface area contributed by atoms with E-state index in [1.807, 2.05) is 6.07 Å². The summed E-state index contributed by atoms with van der Waals surface area (Å²) < 4.78 is 0. The highest BCUT2D eigenvalue weighted by Gasteiger charge is 2.27.